The summed E-state index contributed by atoms with van der Waals surface area (Å²) in [6.07, 6.45) is 7.87. The van der Waals surface area contributed by atoms with Crippen molar-refractivity contribution in [2.75, 3.05) is 30.9 Å². The Hall–Kier alpha value is -4.22. The molecule has 1 aliphatic carbocycles. The van der Waals surface area contributed by atoms with Gasteiger partial charge in [0, 0.05) is 50.7 Å². The van der Waals surface area contributed by atoms with Gasteiger partial charge in [0.2, 0.25) is 11.9 Å². The fourth-order valence-electron chi connectivity index (χ4n) is 5.99. The van der Waals surface area contributed by atoms with Crippen molar-refractivity contribution in [3.8, 4) is 0 Å². The van der Waals surface area contributed by atoms with E-state index in [1.165, 1.54) is 0 Å². The number of carbonyl (C=O) groups is 3. The topological polar surface area (TPSA) is 126 Å². The molecule has 3 aromatic rings. The number of ether oxygens (including phenoxy) is 1. The predicted molar refractivity (Wildman–Crippen MR) is 153 cm³/mol. The lowest BCUT2D eigenvalue weighted by Crippen LogP contribution is -2.44. The van der Waals surface area contributed by atoms with E-state index in [1.807, 2.05) is 30.5 Å². The number of anilines is 3. The van der Waals surface area contributed by atoms with E-state index >= 15 is 0 Å². The highest BCUT2D eigenvalue weighted by atomic mass is 16.6. The summed E-state index contributed by atoms with van der Waals surface area (Å²) < 4.78 is 7.50. The first-order chi connectivity index (χ1) is 19.7. The first-order valence-electron chi connectivity index (χ1n) is 14.3. The molecule has 12 heteroatoms. The van der Waals surface area contributed by atoms with E-state index < -0.39 is 0 Å². The van der Waals surface area contributed by atoms with Crippen molar-refractivity contribution in [3.63, 3.8) is 0 Å². The Balaban J connectivity index is 1.20. The van der Waals surface area contributed by atoms with Gasteiger partial charge in [0.1, 0.15) is 17.2 Å². The summed E-state index contributed by atoms with van der Waals surface area (Å²) in [7, 11) is 3.50. The molecule has 2 bridgehead atoms. The van der Waals surface area contributed by atoms with Gasteiger partial charge in [0.25, 0.3) is 5.91 Å². The lowest BCUT2D eigenvalue weighted by atomic mass is 9.92. The fourth-order valence-corrected chi connectivity index (χ4v) is 5.99. The Morgan fingerprint density at radius 2 is 1.83 bits per heavy atom. The standard InChI is InChI=1S/C29H36N8O4/c1-17(2)41-29(40)36-20-8-9-22(36)16-35(25(38)13-20)21-10-11-24(30-15-21)32-28-31-14-18-12-23(27(39)34(3)4)37(26(18)33-28)19-6-5-7-19/h10-12,14-15,17,19-20,22H,5-9,13,16H2,1-4H3,(H,30,31,32,33). The summed E-state index contributed by atoms with van der Waals surface area (Å²) in [4.78, 5) is 57.6. The third-order valence-corrected chi connectivity index (χ3v) is 8.21. The monoisotopic (exact) mass is 560 g/mol. The third kappa shape index (κ3) is 5.07. The Labute approximate surface area is 238 Å². The minimum atomic E-state index is -0.349. The second-order valence-electron chi connectivity index (χ2n) is 11.6. The number of rotatable bonds is 6. The molecule has 3 fully saturated rings. The number of nitrogens with zero attached hydrogens (tertiary/aromatic N) is 7. The molecular formula is C29H36N8O4. The molecule has 0 aromatic carbocycles. The van der Waals surface area contributed by atoms with Crippen molar-refractivity contribution in [3.05, 3.63) is 36.3 Å². The molecule has 2 aliphatic heterocycles. The van der Waals surface area contributed by atoms with Crippen LogP contribution in [0.3, 0.4) is 0 Å². The zero-order valence-electron chi connectivity index (χ0n) is 23.9. The largest absolute Gasteiger partial charge is 0.447 e. The van der Waals surface area contributed by atoms with E-state index in [-0.39, 0.29) is 48.6 Å². The van der Waals surface area contributed by atoms with Gasteiger partial charge in [-0.3, -0.25) is 14.5 Å². The molecule has 1 N–H and O–H groups in total. The smallest absolute Gasteiger partial charge is 0.410 e. The SMILES string of the molecule is CC(C)OC(=O)N1C2CCC1CN(c1ccc(Nc3ncc4cc(C(=O)N(C)C)n(C5CCC5)c4n3)nc1)C(=O)C2. The minimum absolute atomic E-state index is 0.0318. The van der Waals surface area contributed by atoms with Crippen molar-refractivity contribution in [1.29, 1.82) is 0 Å². The van der Waals surface area contributed by atoms with Crippen molar-refractivity contribution < 1.29 is 19.1 Å². The number of fused-ring (bicyclic) bond motifs is 3. The number of carbonyl (C=O) groups excluding carboxylic acids is 3. The molecule has 3 aliphatic rings. The zero-order chi connectivity index (χ0) is 28.8. The number of nitrogens with one attached hydrogen (secondary N) is 1. The lowest BCUT2D eigenvalue weighted by Gasteiger charge is -2.29. The molecule has 6 rings (SSSR count). The predicted octanol–water partition coefficient (Wildman–Crippen LogP) is 4.11. The molecule has 2 atom stereocenters. The van der Waals surface area contributed by atoms with Crippen molar-refractivity contribution in [2.24, 2.45) is 0 Å². The fraction of sp³-hybridized carbons (Fsp3) is 0.517. The van der Waals surface area contributed by atoms with Gasteiger partial charge in [-0.05, 0) is 64.2 Å². The van der Waals surface area contributed by atoms with E-state index in [1.54, 1.807) is 47.3 Å². The molecule has 1 saturated carbocycles. The molecule has 3 amide bonds. The van der Waals surface area contributed by atoms with Gasteiger partial charge in [-0.1, -0.05) is 0 Å². The van der Waals surface area contributed by atoms with Gasteiger partial charge < -0.3 is 24.4 Å². The van der Waals surface area contributed by atoms with Crippen molar-refractivity contribution in [1.82, 2.24) is 29.3 Å². The van der Waals surface area contributed by atoms with Gasteiger partial charge in [-0.15, -0.1) is 0 Å². The number of amides is 3. The normalized spacial score (nSPS) is 20.8. The highest BCUT2D eigenvalue weighted by Gasteiger charge is 2.44. The first-order valence-corrected chi connectivity index (χ1v) is 14.3. The van der Waals surface area contributed by atoms with Crippen LogP contribution in [-0.4, -0.2) is 86.1 Å². The molecule has 12 nitrogen and oxygen atoms in total. The maximum atomic E-state index is 13.2. The number of aromatic nitrogens is 4. The molecule has 216 valence electrons. The first kappa shape index (κ1) is 27.0. The molecule has 3 aromatic heterocycles. The molecule has 0 spiro atoms. The summed E-state index contributed by atoms with van der Waals surface area (Å²) in [5, 5.41) is 3.98. The molecular weight excluding hydrogens is 524 g/mol. The average molecular weight is 561 g/mol. The highest BCUT2D eigenvalue weighted by molar-refractivity contribution is 5.98. The van der Waals surface area contributed by atoms with Crippen LogP contribution in [0.5, 0.6) is 0 Å². The summed E-state index contributed by atoms with van der Waals surface area (Å²) in [5.41, 5.74) is 2.02. The van der Waals surface area contributed by atoms with Crippen LogP contribution < -0.4 is 10.2 Å². The van der Waals surface area contributed by atoms with Crippen LogP contribution in [0.15, 0.2) is 30.6 Å². The number of hydrogen-bond donors (Lipinski definition) is 1. The lowest BCUT2D eigenvalue weighted by molar-refractivity contribution is -0.119. The van der Waals surface area contributed by atoms with Crippen molar-refractivity contribution >= 4 is 46.4 Å². The van der Waals surface area contributed by atoms with Gasteiger partial charge in [-0.25, -0.2) is 14.8 Å². The second-order valence-corrected chi connectivity index (χ2v) is 11.6. The van der Waals surface area contributed by atoms with Crippen LogP contribution in [0.2, 0.25) is 0 Å². The summed E-state index contributed by atoms with van der Waals surface area (Å²) >= 11 is 0. The van der Waals surface area contributed by atoms with Crippen LogP contribution in [-0.2, 0) is 9.53 Å². The van der Waals surface area contributed by atoms with E-state index in [0.29, 0.717) is 29.7 Å². The van der Waals surface area contributed by atoms with Gasteiger partial charge in [0.05, 0.1) is 24.0 Å². The minimum Gasteiger partial charge on any atom is -0.447 e. The van der Waals surface area contributed by atoms with E-state index in [9.17, 15) is 14.4 Å². The zero-order valence-corrected chi connectivity index (χ0v) is 23.9. The summed E-state index contributed by atoms with van der Waals surface area (Å²) in [6.45, 7) is 4.06. The van der Waals surface area contributed by atoms with Crippen LogP contribution in [0.25, 0.3) is 11.0 Å². The van der Waals surface area contributed by atoms with Crippen LogP contribution in [0.1, 0.15) is 68.9 Å². The number of hydrogen-bond acceptors (Lipinski definition) is 8. The third-order valence-electron chi connectivity index (χ3n) is 8.21. The second kappa shape index (κ2) is 10.6. The van der Waals surface area contributed by atoms with Gasteiger partial charge in [-0.2, -0.15) is 4.98 Å². The Kier molecular flexibility index (Phi) is 7.00. The van der Waals surface area contributed by atoms with Crippen LogP contribution in [0.4, 0.5) is 22.2 Å². The molecule has 41 heavy (non-hydrogen) atoms. The molecule has 2 unspecified atom stereocenters. The average Bonchev–Trinajstić information content (AvgIpc) is 3.42. The molecule has 2 saturated heterocycles. The van der Waals surface area contributed by atoms with E-state index in [4.69, 9.17) is 9.72 Å². The quantitative estimate of drug-likeness (QED) is 0.477. The van der Waals surface area contributed by atoms with Crippen LogP contribution >= 0.6 is 0 Å². The van der Waals surface area contributed by atoms with Crippen molar-refractivity contribution in [2.45, 2.75) is 76.6 Å². The van der Waals surface area contributed by atoms with Gasteiger partial charge in [0.15, 0.2) is 0 Å². The Bertz CT molecular complexity index is 1480. The maximum absolute atomic E-state index is 13.2. The summed E-state index contributed by atoms with van der Waals surface area (Å²) in [6, 6.07) is 5.50. The van der Waals surface area contributed by atoms with E-state index in [2.05, 4.69) is 15.3 Å². The number of pyridine rings is 1. The Morgan fingerprint density at radius 1 is 1.05 bits per heavy atom. The van der Waals surface area contributed by atoms with E-state index in [0.717, 1.165) is 43.1 Å². The summed E-state index contributed by atoms with van der Waals surface area (Å²) in [5.74, 6) is 0.821. The molecule has 5 heterocycles. The Morgan fingerprint density at radius 3 is 2.49 bits per heavy atom. The maximum Gasteiger partial charge on any atom is 0.410 e. The van der Waals surface area contributed by atoms with Crippen LogP contribution in [0, 0.1) is 0 Å². The highest BCUT2D eigenvalue weighted by Crippen LogP contribution is 2.37. The molecule has 0 radical (unpaired) electrons. The van der Waals surface area contributed by atoms with Gasteiger partial charge >= 0.3 is 6.09 Å².